The van der Waals surface area contributed by atoms with Crippen molar-refractivity contribution in [2.75, 3.05) is 47.9 Å². The Bertz CT molecular complexity index is 825. The van der Waals surface area contributed by atoms with Gasteiger partial charge in [-0.2, -0.15) is 0 Å². The first-order valence-electron chi connectivity index (χ1n) is 10.8. The highest BCUT2D eigenvalue weighted by Crippen LogP contribution is 2.37. The van der Waals surface area contributed by atoms with Crippen LogP contribution in [0.25, 0.3) is 0 Å². The van der Waals surface area contributed by atoms with E-state index in [2.05, 4.69) is 65.6 Å². The summed E-state index contributed by atoms with van der Waals surface area (Å²) in [5.74, 6) is 0.998. The van der Waals surface area contributed by atoms with Gasteiger partial charge < -0.3 is 15.0 Å². The van der Waals surface area contributed by atoms with Crippen molar-refractivity contribution in [3.63, 3.8) is 0 Å². The van der Waals surface area contributed by atoms with Crippen LogP contribution in [-0.4, -0.2) is 63.6 Å². The molecule has 2 aromatic carbocycles. The number of piperidine rings is 1. The molecule has 0 aliphatic carbocycles. The second-order valence-electron chi connectivity index (χ2n) is 8.43. The lowest BCUT2D eigenvalue weighted by Gasteiger charge is -2.47. The molecule has 1 aliphatic heterocycles. The largest absolute Gasteiger partial charge is 0.497 e. The Morgan fingerprint density at radius 3 is 2.31 bits per heavy atom. The summed E-state index contributed by atoms with van der Waals surface area (Å²) in [4.78, 5) is 17.8. The van der Waals surface area contributed by atoms with Gasteiger partial charge in [0, 0.05) is 25.2 Å². The van der Waals surface area contributed by atoms with Gasteiger partial charge in [-0.05, 0) is 63.7 Å². The lowest BCUT2D eigenvalue weighted by atomic mass is 9.79. The van der Waals surface area contributed by atoms with E-state index < -0.39 is 0 Å². The second-order valence-corrected chi connectivity index (χ2v) is 8.43. The Balaban J connectivity index is 0.00000256. The maximum atomic E-state index is 13.4. The lowest BCUT2D eigenvalue weighted by Crippen LogP contribution is -2.53. The molecule has 1 amide bonds. The minimum Gasteiger partial charge on any atom is -0.497 e. The van der Waals surface area contributed by atoms with E-state index in [1.165, 1.54) is 5.56 Å². The molecule has 5 nitrogen and oxygen atoms in total. The number of nitrogens with one attached hydrogen (secondary N) is 1. The molecule has 178 valence electrons. The number of amides is 1. The summed E-state index contributed by atoms with van der Waals surface area (Å²) < 4.78 is 5.34. The maximum absolute atomic E-state index is 13.4. The summed E-state index contributed by atoms with van der Waals surface area (Å²) in [7, 11) is 7.88. The molecule has 0 spiro atoms. The molecule has 1 heterocycles. The topological polar surface area (TPSA) is 44.8 Å². The number of ether oxygens (including phenoxy) is 1. The number of carbonyl (C=O) groups excluding carboxylic acids is 1. The average molecular weight is 482 g/mol. The second kappa shape index (κ2) is 13.0. The van der Waals surface area contributed by atoms with Crippen LogP contribution in [0.5, 0.6) is 5.75 Å². The summed E-state index contributed by atoms with van der Waals surface area (Å²) in [6.07, 6.45) is 2.60. The predicted octanol–water partition coefficient (Wildman–Crippen LogP) is 4.00. The molecule has 32 heavy (non-hydrogen) atoms. The first kappa shape index (κ1) is 28.2. The molecule has 0 aromatic heterocycles. The molecule has 1 atom stereocenters. The summed E-state index contributed by atoms with van der Waals surface area (Å²) in [6, 6.07) is 18.7. The SMILES string of the molecule is CNCC(Cc1cccc(OC)c1)C(=O)N1CCC(c2ccccc2)(N(C)C)CC1.Cl.Cl. The first-order chi connectivity index (χ1) is 14.5. The predicted molar refractivity (Wildman–Crippen MR) is 136 cm³/mol. The Kier molecular flexibility index (Phi) is 11.5. The highest BCUT2D eigenvalue weighted by atomic mass is 35.5. The number of benzene rings is 2. The van der Waals surface area contributed by atoms with Gasteiger partial charge in [-0.15, -0.1) is 24.8 Å². The standard InChI is InChI=1S/C25H35N3O2.2ClH/c1-26-19-21(17-20-9-8-12-23(18-20)30-4)24(29)28-15-13-25(14-16-28,27(2)3)22-10-6-5-7-11-22;;/h5-12,18,21,26H,13-17,19H2,1-4H3;2*1H. The van der Waals surface area contributed by atoms with Crippen molar-refractivity contribution in [2.24, 2.45) is 5.92 Å². The minimum atomic E-state index is -0.0781. The van der Waals surface area contributed by atoms with E-state index in [9.17, 15) is 4.79 Å². The van der Waals surface area contributed by atoms with Crippen molar-refractivity contribution in [2.45, 2.75) is 24.8 Å². The highest BCUT2D eigenvalue weighted by molar-refractivity contribution is 5.85. The Morgan fingerprint density at radius 1 is 1.09 bits per heavy atom. The van der Waals surface area contributed by atoms with Crippen LogP contribution in [0.3, 0.4) is 0 Å². The van der Waals surface area contributed by atoms with Crippen molar-refractivity contribution in [1.82, 2.24) is 15.1 Å². The molecule has 0 bridgehead atoms. The van der Waals surface area contributed by atoms with Crippen LogP contribution >= 0.6 is 24.8 Å². The summed E-state index contributed by atoms with van der Waals surface area (Å²) in [6.45, 7) is 2.23. The van der Waals surface area contributed by atoms with E-state index in [0.717, 1.165) is 37.2 Å². The van der Waals surface area contributed by atoms with Gasteiger partial charge >= 0.3 is 0 Å². The molecule has 3 rings (SSSR count). The van der Waals surface area contributed by atoms with Crippen LogP contribution in [0.2, 0.25) is 0 Å². The van der Waals surface area contributed by atoms with Crippen LogP contribution in [0.4, 0.5) is 0 Å². The van der Waals surface area contributed by atoms with Gasteiger partial charge in [0.15, 0.2) is 0 Å². The number of likely N-dealkylation sites (tertiary alicyclic amines) is 1. The zero-order valence-electron chi connectivity index (χ0n) is 19.5. The molecule has 1 aliphatic rings. The summed E-state index contributed by atoms with van der Waals surface area (Å²) >= 11 is 0. The maximum Gasteiger partial charge on any atom is 0.227 e. The Morgan fingerprint density at radius 2 is 1.75 bits per heavy atom. The van der Waals surface area contributed by atoms with Gasteiger partial charge in [0.05, 0.1) is 13.0 Å². The fourth-order valence-electron chi connectivity index (χ4n) is 4.67. The van der Waals surface area contributed by atoms with E-state index in [1.54, 1.807) is 7.11 Å². The highest BCUT2D eigenvalue weighted by Gasteiger charge is 2.40. The van der Waals surface area contributed by atoms with E-state index in [4.69, 9.17) is 4.74 Å². The fraction of sp³-hybridized carbons (Fsp3) is 0.480. The van der Waals surface area contributed by atoms with Crippen molar-refractivity contribution < 1.29 is 9.53 Å². The normalized spacial score (nSPS) is 16.0. The number of halogens is 2. The smallest absolute Gasteiger partial charge is 0.227 e. The number of methoxy groups -OCH3 is 1. The summed E-state index contributed by atoms with van der Waals surface area (Å²) in [5, 5.41) is 3.21. The van der Waals surface area contributed by atoms with Gasteiger partial charge in [0.2, 0.25) is 5.91 Å². The molecule has 2 aromatic rings. The average Bonchev–Trinajstić information content (AvgIpc) is 2.79. The number of hydrogen-bond acceptors (Lipinski definition) is 4. The van der Waals surface area contributed by atoms with Gasteiger partial charge in [-0.1, -0.05) is 42.5 Å². The minimum absolute atomic E-state index is 0. The number of carbonyl (C=O) groups is 1. The van der Waals surface area contributed by atoms with Crippen molar-refractivity contribution in [3.8, 4) is 5.75 Å². The lowest BCUT2D eigenvalue weighted by molar-refractivity contribution is -0.138. The first-order valence-corrected chi connectivity index (χ1v) is 10.8. The Hall–Kier alpha value is -1.79. The molecular weight excluding hydrogens is 445 g/mol. The third-order valence-electron chi connectivity index (χ3n) is 6.49. The van der Waals surface area contributed by atoms with Crippen LogP contribution in [0.15, 0.2) is 54.6 Å². The molecular formula is C25H37Cl2N3O2. The van der Waals surface area contributed by atoms with Crippen LogP contribution in [0.1, 0.15) is 24.0 Å². The van der Waals surface area contributed by atoms with Gasteiger partial charge in [0.25, 0.3) is 0 Å². The molecule has 0 saturated carbocycles. The van der Waals surface area contributed by atoms with Gasteiger partial charge in [-0.25, -0.2) is 0 Å². The number of hydrogen-bond donors (Lipinski definition) is 1. The molecule has 1 saturated heterocycles. The molecule has 1 unspecified atom stereocenters. The zero-order valence-corrected chi connectivity index (χ0v) is 21.2. The van der Waals surface area contributed by atoms with Crippen LogP contribution < -0.4 is 10.1 Å². The van der Waals surface area contributed by atoms with Crippen molar-refractivity contribution in [3.05, 3.63) is 65.7 Å². The van der Waals surface area contributed by atoms with Gasteiger partial charge in [-0.3, -0.25) is 9.69 Å². The molecule has 0 radical (unpaired) electrons. The third-order valence-corrected chi connectivity index (χ3v) is 6.49. The fourth-order valence-corrected chi connectivity index (χ4v) is 4.67. The van der Waals surface area contributed by atoms with E-state index >= 15 is 0 Å². The monoisotopic (exact) mass is 481 g/mol. The molecule has 7 heteroatoms. The van der Waals surface area contributed by atoms with Crippen molar-refractivity contribution in [1.29, 1.82) is 0 Å². The number of rotatable bonds is 8. The van der Waals surface area contributed by atoms with Crippen molar-refractivity contribution >= 4 is 30.7 Å². The van der Waals surface area contributed by atoms with E-state index in [-0.39, 0.29) is 42.2 Å². The third kappa shape index (κ3) is 6.38. The van der Waals surface area contributed by atoms with Crippen LogP contribution in [-0.2, 0) is 16.8 Å². The summed E-state index contributed by atoms with van der Waals surface area (Å²) in [5.41, 5.74) is 2.46. The van der Waals surface area contributed by atoms with E-state index in [0.29, 0.717) is 13.0 Å². The number of nitrogens with zero attached hydrogens (tertiary/aromatic N) is 2. The van der Waals surface area contributed by atoms with E-state index in [1.807, 2.05) is 25.2 Å². The Labute approximate surface area is 205 Å². The quantitative estimate of drug-likeness (QED) is 0.618. The zero-order chi connectivity index (χ0) is 21.6. The molecule has 1 N–H and O–H groups in total. The molecule has 1 fully saturated rings. The van der Waals surface area contributed by atoms with Gasteiger partial charge in [0.1, 0.15) is 5.75 Å². The van der Waals surface area contributed by atoms with Crippen LogP contribution in [0, 0.1) is 5.92 Å².